The van der Waals surface area contributed by atoms with E-state index in [9.17, 15) is 5.11 Å². The monoisotopic (exact) mass is 274 g/mol. The maximum Gasteiger partial charge on any atom is 0.222 e. The van der Waals surface area contributed by atoms with Gasteiger partial charge in [-0.15, -0.1) is 0 Å². The molecule has 5 heteroatoms. The van der Waals surface area contributed by atoms with Crippen molar-refractivity contribution in [3.8, 4) is 0 Å². The van der Waals surface area contributed by atoms with Crippen molar-refractivity contribution in [2.75, 3.05) is 17.7 Å². The molecule has 0 aliphatic rings. The van der Waals surface area contributed by atoms with Crippen LogP contribution in [0.4, 0.5) is 11.8 Å². The molecule has 0 saturated carbocycles. The summed E-state index contributed by atoms with van der Waals surface area (Å²) in [6.45, 7) is 4.24. The third-order valence-corrected chi connectivity index (χ3v) is 3.42. The average Bonchev–Trinajstić information content (AvgIpc) is 2.42. The summed E-state index contributed by atoms with van der Waals surface area (Å²) in [6, 6.07) is 5.89. The van der Waals surface area contributed by atoms with Crippen molar-refractivity contribution in [1.29, 1.82) is 0 Å². The molecule has 2 aromatic rings. The van der Waals surface area contributed by atoms with E-state index in [1.165, 1.54) is 0 Å². The lowest BCUT2D eigenvalue weighted by Crippen LogP contribution is -2.24. The minimum absolute atomic E-state index is 0.00736. The van der Waals surface area contributed by atoms with Crippen LogP contribution in [0.5, 0.6) is 0 Å². The van der Waals surface area contributed by atoms with Gasteiger partial charge in [-0.3, -0.25) is 0 Å². The molecule has 0 aliphatic carbocycles. The third-order valence-electron chi connectivity index (χ3n) is 3.42. The number of nitrogen functional groups attached to an aromatic ring is 1. The second-order valence-electron chi connectivity index (χ2n) is 5.07. The van der Waals surface area contributed by atoms with Gasteiger partial charge in [0.1, 0.15) is 5.82 Å². The molecular weight excluding hydrogens is 252 g/mol. The van der Waals surface area contributed by atoms with Crippen molar-refractivity contribution in [2.24, 2.45) is 0 Å². The van der Waals surface area contributed by atoms with Crippen molar-refractivity contribution < 1.29 is 5.11 Å². The maximum absolute atomic E-state index is 9.49. The maximum atomic E-state index is 9.49. The first kappa shape index (κ1) is 14.5. The number of rotatable bonds is 6. The van der Waals surface area contributed by atoms with E-state index in [4.69, 9.17) is 5.73 Å². The van der Waals surface area contributed by atoms with Gasteiger partial charge < -0.3 is 16.2 Å². The van der Waals surface area contributed by atoms with Gasteiger partial charge in [0.05, 0.1) is 18.2 Å². The van der Waals surface area contributed by atoms with E-state index in [0.29, 0.717) is 5.82 Å². The minimum Gasteiger partial charge on any atom is -0.394 e. The van der Waals surface area contributed by atoms with Gasteiger partial charge in [0.2, 0.25) is 5.95 Å². The summed E-state index contributed by atoms with van der Waals surface area (Å²) < 4.78 is 0. The summed E-state index contributed by atoms with van der Waals surface area (Å²) in [6.07, 6.45) is 3.07. The Balaban J connectivity index is 2.37. The topological polar surface area (TPSA) is 84.1 Å². The zero-order valence-corrected chi connectivity index (χ0v) is 12.1. The predicted molar refractivity (Wildman–Crippen MR) is 82.7 cm³/mol. The van der Waals surface area contributed by atoms with Gasteiger partial charge in [-0.25, -0.2) is 4.98 Å². The van der Waals surface area contributed by atoms with Crippen LogP contribution in [0.1, 0.15) is 31.7 Å². The molecular formula is C15H22N4O. The Morgan fingerprint density at radius 2 is 2.15 bits per heavy atom. The van der Waals surface area contributed by atoms with Crippen LogP contribution in [0, 0.1) is 6.92 Å². The van der Waals surface area contributed by atoms with Crippen molar-refractivity contribution in [3.05, 3.63) is 23.8 Å². The Bertz CT molecular complexity index is 585. The second kappa shape index (κ2) is 6.52. The Morgan fingerprint density at radius 1 is 1.35 bits per heavy atom. The summed E-state index contributed by atoms with van der Waals surface area (Å²) in [5, 5.41) is 13.8. The lowest BCUT2D eigenvalue weighted by Gasteiger charge is -2.18. The summed E-state index contributed by atoms with van der Waals surface area (Å²) in [4.78, 5) is 8.56. The van der Waals surface area contributed by atoms with E-state index in [-0.39, 0.29) is 18.6 Å². The van der Waals surface area contributed by atoms with E-state index in [1.807, 2.05) is 25.1 Å². The molecule has 0 aliphatic heterocycles. The van der Waals surface area contributed by atoms with E-state index in [2.05, 4.69) is 22.2 Å². The Labute approximate surface area is 119 Å². The molecule has 0 amide bonds. The number of hydrogen-bond donors (Lipinski definition) is 3. The summed E-state index contributed by atoms with van der Waals surface area (Å²) in [5.41, 5.74) is 7.69. The molecule has 5 nitrogen and oxygen atoms in total. The number of aromatic nitrogens is 2. The highest BCUT2D eigenvalue weighted by molar-refractivity contribution is 5.92. The Kier molecular flexibility index (Phi) is 4.74. The highest BCUT2D eigenvalue weighted by atomic mass is 16.3. The fourth-order valence-corrected chi connectivity index (χ4v) is 2.33. The molecule has 2 rings (SSSR count). The molecule has 0 radical (unpaired) electrons. The lowest BCUT2D eigenvalue weighted by atomic mass is 10.1. The van der Waals surface area contributed by atoms with Gasteiger partial charge in [0.25, 0.3) is 0 Å². The molecule has 0 spiro atoms. The van der Waals surface area contributed by atoms with Crippen LogP contribution >= 0.6 is 0 Å². The van der Waals surface area contributed by atoms with Crippen LogP contribution < -0.4 is 11.1 Å². The normalized spacial score (nSPS) is 12.6. The quantitative estimate of drug-likeness (QED) is 0.753. The van der Waals surface area contributed by atoms with E-state index in [1.54, 1.807) is 0 Å². The van der Waals surface area contributed by atoms with Crippen molar-refractivity contribution in [1.82, 2.24) is 9.97 Å². The summed E-state index contributed by atoms with van der Waals surface area (Å²) in [5.74, 6) is 0.957. The van der Waals surface area contributed by atoms with E-state index in [0.717, 1.165) is 35.7 Å². The second-order valence-corrected chi connectivity index (χ2v) is 5.07. The lowest BCUT2D eigenvalue weighted by molar-refractivity contribution is 0.267. The first-order chi connectivity index (χ1) is 9.65. The van der Waals surface area contributed by atoms with Crippen molar-refractivity contribution in [2.45, 2.75) is 39.2 Å². The van der Waals surface area contributed by atoms with Gasteiger partial charge >= 0.3 is 0 Å². The van der Waals surface area contributed by atoms with Gasteiger partial charge in [-0.05, 0) is 25.0 Å². The van der Waals surface area contributed by atoms with Gasteiger partial charge in [-0.1, -0.05) is 31.9 Å². The number of anilines is 2. The third kappa shape index (κ3) is 3.17. The molecule has 0 bridgehead atoms. The van der Waals surface area contributed by atoms with Crippen LogP contribution in [-0.2, 0) is 0 Å². The molecule has 0 unspecified atom stereocenters. The Morgan fingerprint density at radius 3 is 2.85 bits per heavy atom. The molecule has 0 fully saturated rings. The molecule has 20 heavy (non-hydrogen) atoms. The zero-order chi connectivity index (χ0) is 14.5. The summed E-state index contributed by atoms with van der Waals surface area (Å²) >= 11 is 0. The van der Waals surface area contributed by atoms with Crippen molar-refractivity contribution >= 4 is 22.7 Å². The number of fused-ring (bicyclic) bond motifs is 1. The first-order valence-corrected chi connectivity index (χ1v) is 7.06. The predicted octanol–water partition coefficient (Wildman–Crippen LogP) is 2.48. The van der Waals surface area contributed by atoms with Gasteiger partial charge in [-0.2, -0.15) is 4.98 Å². The smallest absolute Gasteiger partial charge is 0.222 e. The fraction of sp³-hybridized carbons (Fsp3) is 0.467. The van der Waals surface area contributed by atoms with Crippen LogP contribution in [0.3, 0.4) is 0 Å². The number of unbranched alkanes of at least 4 members (excludes halogenated alkanes) is 1. The number of hydrogen-bond acceptors (Lipinski definition) is 5. The highest BCUT2D eigenvalue weighted by Crippen LogP contribution is 2.25. The molecule has 1 heterocycles. The standard InChI is InChI=1S/C15H22N4O/c1-3-4-7-11(9-20)17-14-13-10(2)6-5-8-12(13)18-15(16)19-14/h5-6,8,11,20H,3-4,7,9H2,1-2H3,(H3,16,17,18,19)/t11-/m1/s1. The molecule has 108 valence electrons. The molecule has 1 aromatic carbocycles. The number of aryl methyl sites for hydroxylation is 1. The van der Waals surface area contributed by atoms with E-state index >= 15 is 0 Å². The summed E-state index contributed by atoms with van der Waals surface area (Å²) in [7, 11) is 0. The van der Waals surface area contributed by atoms with Crippen LogP contribution in [0.2, 0.25) is 0 Å². The molecule has 4 N–H and O–H groups in total. The number of nitrogens with two attached hydrogens (primary N) is 1. The fourth-order valence-electron chi connectivity index (χ4n) is 2.33. The highest BCUT2D eigenvalue weighted by Gasteiger charge is 2.13. The first-order valence-electron chi connectivity index (χ1n) is 7.06. The number of aliphatic hydroxyl groups excluding tert-OH is 1. The van der Waals surface area contributed by atoms with Gasteiger partial charge in [0.15, 0.2) is 0 Å². The van der Waals surface area contributed by atoms with Crippen LogP contribution in [0.15, 0.2) is 18.2 Å². The SMILES string of the molecule is CCCC[C@H](CO)Nc1nc(N)nc2cccc(C)c12. The van der Waals surface area contributed by atoms with E-state index < -0.39 is 0 Å². The molecule has 1 atom stereocenters. The number of nitrogens with one attached hydrogen (secondary N) is 1. The largest absolute Gasteiger partial charge is 0.394 e. The number of nitrogens with zero attached hydrogens (tertiary/aromatic N) is 2. The Hall–Kier alpha value is -1.88. The minimum atomic E-state index is -0.00736. The average molecular weight is 274 g/mol. The van der Waals surface area contributed by atoms with Crippen LogP contribution in [0.25, 0.3) is 10.9 Å². The van der Waals surface area contributed by atoms with Crippen LogP contribution in [-0.4, -0.2) is 27.7 Å². The number of benzene rings is 1. The molecule has 1 aromatic heterocycles. The van der Waals surface area contributed by atoms with Crippen molar-refractivity contribution in [3.63, 3.8) is 0 Å². The van der Waals surface area contributed by atoms with Gasteiger partial charge in [0, 0.05) is 5.39 Å². The molecule has 0 saturated heterocycles. The number of aliphatic hydroxyl groups is 1. The zero-order valence-electron chi connectivity index (χ0n) is 12.1.